The third-order valence-electron chi connectivity index (χ3n) is 2.91. The van der Waals surface area contributed by atoms with Crippen LogP contribution < -0.4 is 5.56 Å². The van der Waals surface area contributed by atoms with Gasteiger partial charge < -0.3 is 4.98 Å². The Morgan fingerprint density at radius 3 is 2.89 bits per heavy atom. The molecule has 0 radical (unpaired) electrons. The van der Waals surface area contributed by atoms with Crippen molar-refractivity contribution in [2.45, 2.75) is 13.1 Å². The van der Waals surface area contributed by atoms with E-state index in [-0.39, 0.29) is 5.56 Å². The van der Waals surface area contributed by atoms with Crippen molar-refractivity contribution in [3.8, 4) is 0 Å². The highest BCUT2D eigenvalue weighted by Crippen LogP contribution is 2.05. The maximum Gasteiger partial charge on any atom is 0.262 e. The lowest BCUT2D eigenvalue weighted by atomic mass is 10.2. The van der Waals surface area contributed by atoms with Gasteiger partial charge in [-0.1, -0.05) is 17.3 Å². The molecule has 0 saturated carbocycles. The van der Waals surface area contributed by atoms with Gasteiger partial charge >= 0.3 is 0 Å². The highest BCUT2D eigenvalue weighted by Gasteiger charge is 2.05. The van der Waals surface area contributed by atoms with Crippen LogP contribution in [0.15, 0.2) is 41.5 Å². The van der Waals surface area contributed by atoms with Gasteiger partial charge in [0.25, 0.3) is 5.56 Å². The van der Waals surface area contributed by atoms with Gasteiger partial charge in [0, 0.05) is 12.7 Å². The molecule has 1 N–H and O–H groups in total. The number of fused-ring (bicyclic) bond motifs is 1. The average Bonchev–Trinajstić information content (AvgIpc) is 2.92. The molecule has 2 heterocycles. The van der Waals surface area contributed by atoms with E-state index in [0.717, 1.165) is 5.52 Å². The van der Waals surface area contributed by atoms with Crippen LogP contribution in [0.3, 0.4) is 0 Å². The van der Waals surface area contributed by atoms with Crippen molar-refractivity contribution in [2.24, 2.45) is 0 Å². The summed E-state index contributed by atoms with van der Waals surface area (Å²) in [5.74, 6) is 0. The molecule has 0 unspecified atom stereocenters. The fraction of sp³-hybridized carbons (Fsp3) is 0.167. The third kappa shape index (κ3) is 2.19. The van der Waals surface area contributed by atoms with E-state index in [1.165, 1.54) is 0 Å². The van der Waals surface area contributed by atoms with Crippen LogP contribution in [0.1, 0.15) is 0 Å². The first kappa shape index (κ1) is 11.8. The molecule has 0 aliphatic carbocycles. The molecule has 0 atom stereocenters. The molecule has 3 rings (SSSR count). The second kappa shape index (κ2) is 4.77. The van der Waals surface area contributed by atoms with Gasteiger partial charge in [0.05, 0.1) is 23.6 Å². The molecule has 0 aliphatic heterocycles. The Morgan fingerprint density at radius 1 is 1.26 bits per heavy atom. The molecule has 19 heavy (non-hydrogen) atoms. The summed E-state index contributed by atoms with van der Waals surface area (Å²) in [6.07, 6.45) is 3.35. The molecule has 0 saturated heterocycles. The highest BCUT2D eigenvalue weighted by atomic mass is 32.1. The number of hydrogen-bond donors (Lipinski definition) is 1. The van der Waals surface area contributed by atoms with Crippen LogP contribution in [-0.4, -0.2) is 24.5 Å². The maximum absolute atomic E-state index is 12.3. The Balaban J connectivity index is 2.04. The number of aromatic amines is 1. The van der Waals surface area contributed by atoms with Crippen LogP contribution in [0.5, 0.6) is 0 Å². The summed E-state index contributed by atoms with van der Waals surface area (Å²) in [4.78, 5) is 15.4. The van der Waals surface area contributed by atoms with Crippen molar-refractivity contribution in [3.63, 3.8) is 0 Å². The number of para-hydroxylation sites is 1. The topological polar surface area (TPSA) is 68.5 Å². The predicted molar refractivity (Wildman–Crippen MR) is 73.4 cm³/mol. The summed E-state index contributed by atoms with van der Waals surface area (Å²) in [6.45, 7) is 1.01. The van der Waals surface area contributed by atoms with Crippen molar-refractivity contribution in [1.29, 1.82) is 0 Å². The first-order valence-corrected chi connectivity index (χ1v) is 6.22. The summed E-state index contributed by atoms with van der Waals surface area (Å²) < 4.78 is 3.62. The number of aromatic nitrogens is 5. The van der Waals surface area contributed by atoms with Crippen LogP contribution in [-0.2, 0) is 13.1 Å². The number of nitrogens with zero attached hydrogens (tertiary/aromatic N) is 4. The highest BCUT2D eigenvalue weighted by molar-refractivity contribution is 7.71. The molecule has 0 aliphatic rings. The molecule has 2 aromatic heterocycles. The van der Waals surface area contributed by atoms with E-state index < -0.39 is 0 Å². The predicted octanol–water partition coefficient (Wildman–Crippen LogP) is 1.35. The summed E-state index contributed by atoms with van der Waals surface area (Å²) in [6, 6.07) is 7.33. The molecule has 0 spiro atoms. The Hall–Kier alpha value is -2.28. The van der Waals surface area contributed by atoms with Gasteiger partial charge in [-0.2, -0.15) is 0 Å². The summed E-state index contributed by atoms with van der Waals surface area (Å²) in [7, 11) is 0. The van der Waals surface area contributed by atoms with Crippen LogP contribution in [0.2, 0.25) is 0 Å². The summed E-state index contributed by atoms with van der Waals surface area (Å²) in [5, 5.41) is 8.21. The molecule has 0 fully saturated rings. The van der Waals surface area contributed by atoms with E-state index in [1.807, 2.05) is 18.2 Å². The lowest BCUT2D eigenvalue weighted by Gasteiger charge is -2.07. The molecular weight excluding hydrogens is 262 g/mol. The van der Waals surface area contributed by atoms with Gasteiger partial charge in [-0.05, 0) is 24.4 Å². The minimum absolute atomic E-state index is 0.0838. The zero-order chi connectivity index (χ0) is 13.2. The van der Waals surface area contributed by atoms with E-state index in [0.29, 0.717) is 23.2 Å². The van der Waals surface area contributed by atoms with Crippen molar-refractivity contribution < 1.29 is 0 Å². The first-order valence-electron chi connectivity index (χ1n) is 5.81. The molecule has 7 heteroatoms. The zero-order valence-corrected chi connectivity index (χ0v) is 10.8. The number of nitrogens with one attached hydrogen (secondary N) is 1. The lowest BCUT2D eigenvalue weighted by Crippen LogP contribution is -2.24. The minimum Gasteiger partial charge on any atom is -0.332 e. The van der Waals surface area contributed by atoms with Crippen LogP contribution in [0.4, 0.5) is 0 Å². The van der Waals surface area contributed by atoms with Gasteiger partial charge in [0.15, 0.2) is 4.77 Å². The van der Waals surface area contributed by atoms with Crippen molar-refractivity contribution >= 4 is 23.1 Å². The second-order valence-corrected chi connectivity index (χ2v) is 4.49. The lowest BCUT2D eigenvalue weighted by molar-refractivity contribution is 0.505. The first-order chi connectivity index (χ1) is 9.25. The second-order valence-electron chi connectivity index (χ2n) is 4.10. The van der Waals surface area contributed by atoms with Crippen LogP contribution in [0.25, 0.3) is 10.9 Å². The number of rotatable bonds is 3. The molecule has 96 valence electrons. The molecule has 0 amide bonds. The fourth-order valence-corrected chi connectivity index (χ4v) is 2.24. The van der Waals surface area contributed by atoms with E-state index in [9.17, 15) is 4.79 Å². The van der Waals surface area contributed by atoms with Gasteiger partial charge in [0.2, 0.25) is 0 Å². The Labute approximate surface area is 113 Å². The molecular formula is C12H11N5OS. The number of aryl methyl sites for hydroxylation is 1. The third-order valence-corrected chi connectivity index (χ3v) is 3.24. The number of benzene rings is 1. The van der Waals surface area contributed by atoms with E-state index in [1.54, 1.807) is 27.7 Å². The molecule has 0 bridgehead atoms. The average molecular weight is 273 g/mol. The molecule has 6 nitrogen and oxygen atoms in total. The Morgan fingerprint density at radius 2 is 2.11 bits per heavy atom. The van der Waals surface area contributed by atoms with Crippen LogP contribution in [0, 0.1) is 4.77 Å². The SMILES string of the molecule is O=c1c2ccccc2[nH]c(=S)n1CCn1ccnn1. The van der Waals surface area contributed by atoms with Gasteiger partial charge in [0.1, 0.15) is 0 Å². The Kier molecular flexibility index (Phi) is 2.96. The quantitative estimate of drug-likeness (QED) is 0.731. The largest absolute Gasteiger partial charge is 0.332 e. The number of hydrogen-bond acceptors (Lipinski definition) is 4. The normalized spacial score (nSPS) is 10.9. The van der Waals surface area contributed by atoms with Crippen molar-refractivity contribution in [1.82, 2.24) is 24.5 Å². The van der Waals surface area contributed by atoms with Gasteiger partial charge in [-0.25, -0.2) is 0 Å². The smallest absolute Gasteiger partial charge is 0.262 e. The summed E-state index contributed by atoms with van der Waals surface area (Å²) >= 11 is 5.22. The minimum atomic E-state index is -0.0838. The number of H-pyrrole nitrogens is 1. The van der Waals surface area contributed by atoms with E-state index >= 15 is 0 Å². The van der Waals surface area contributed by atoms with Crippen molar-refractivity contribution in [2.75, 3.05) is 0 Å². The van der Waals surface area contributed by atoms with Crippen LogP contribution >= 0.6 is 12.2 Å². The monoisotopic (exact) mass is 273 g/mol. The summed E-state index contributed by atoms with van der Waals surface area (Å²) in [5.41, 5.74) is 0.675. The molecule has 1 aromatic carbocycles. The molecule has 3 aromatic rings. The van der Waals surface area contributed by atoms with E-state index in [2.05, 4.69) is 15.3 Å². The van der Waals surface area contributed by atoms with Crippen molar-refractivity contribution in [3.05, 3.63) is 51.8 Å². The van der Waals surface area contributed by atoms with Gasteiger partial charge in [-0.3, -0.25) is 14.0 Å². The van der Waals surface area contributed by atoms with Gasteiger partial charge in [-0.15, -0.1) is 5.10 Å². The standard InChI is InChI=1S/C12H11N5OS/c18-11-9-3-1-2-4-10(9)14-12(19)17(11)8-7-16-6-5-13-15-16/h1-6H,7-8H2,(H,14,19). The van der Waals surface area contributed by atoms with E-state index in [4.69, 9.17) is 12.2 Å². The zero-order valence-electron chi connectivity index (χ0n) is 9.98. The fourth-order valence-electron chi connectivity index (χ4n) is 1.96. The Bertz CT molecular complexity index is 818. The maximum atomic E-state index is 12.3.